The topological polar surface area (TPSA) is 103 Å². The lowest BCUT2D eigenvalue weighted by molar-refractivity contribution is -0.143. The molecule has 8 nitrogen and oxygen atoms in total. The summed E-state index contributed by atoms with van der Waals surface area (Å²) in [5.74, 6) is -0.153. The Morgan fingerprint density at radius 1 is 1.12 bits per heavy atom. The first-order valence-electron chi connectivity index (χ1n) is 7.12. The maximum atomic E-state index is 12.3. The summed E-state index contributed by atoms with van der Waals surface area (Å²) in [5.41, 5.74) is 1.42. The lowest BCUT2D eigenvalue weighted by Crippen LogP contribution is -2.34. The van der Waals surface area contributed by atoms with Crippen LogP contribution in [0.2, 0.25) is 0 Å². The van der Waals surface area contributed by atoms with Gasteiger partial charge in [-0.15, -0.1) is 0 Å². The Morgan fingerprint density at radius 2 is 1.83 bits per heavy atom. The number of nitrogens with one attached hydrogen (secondary N) is 2. The molecule has 2 N–H and O–H groups in total. The minimum atomic E-state index is -1.00. The van der Waals surface area contributed by atoms with Crippen LogP contribution in [0.15, 0.2) is 24.3 Å². The van der Waals surface area contributed by atoms with Crippen LogP contribution in [0.3, 0.4) is 0 Å². The average Bonchev–Trinajstić information content (AvgIpc) is 3.04. The molecular formula is C16H19N3O5. The molecule has 0 aliphatic rings. The van der Waals surface area contributed by atoms with Gasteiger partial charge >= 0.3 is 5.97 Å². The van der Waals surface area contributed by atoms with Gasteiger partial charge in [0, 0.05) is 5.69 Å². The number of aromatic amines is 1. The van der Waals surface area contributed by atoms with E-state index in [1.165, 1.54) is 21.3 Å². The van der Waals surface area contributed by atoms with Crippen LogP contribution >= 0.6 is 0 Å². The molecule has 0 aliphatic heterocycles. The Morgan fingerprint density at radius 3 is 2.38 bits per heavy atom. The predicted molar refractivity (Wildman–Crippen MR) is 85.1 cm³/mol. The molecule has 0 saturated heterocycles. The number of carbonyl (C=O) groups is 2. The van der Waals surface area contributed by atoms with Gasteiger partial charge in [-0.25, -0.2) is 4.79 Å². The smallest absolute Gasteiger partial charge is 0.333 e. The summed E-state index contributed by atoms with van der Waals surface area (Å²) in [7, 11) is 4.25. The van der Waals surface area contributed by atoms with E-state index in [0.29, 0.717) is 17.1 Å². The van der Waals surface area contributed by atoms with Crippen LogP contribution in [0.25, 0.3) is 0 Å². The second-order valence-electron chi connectivity index (χ2n) is 4.98. The summed E-state index contributed by atoms with van der Waals surface area (Å²) < 4.78 is 15.2. The van der Waals surface area contributed by atoms with Crippen molar-refractivity contribution >= 4 is 11.9 Å². The van der Waals surface area contributed by atoms with E-state index in [4.69, 9.17) is 14.2 Å². The molecule has 1 heterocycles. The van der Waals surface area contributed by atoms with E-state index in [0.717, 1.165) is 5.69 Å². The van der Waals surface area contributed by atoms with E-state index in [1.807, 2.05) is 0 Å². The molecule has 0 spiro atoms. The van der Waals surface area contributed by atoms with Gasteiger partial charge in [0.15, 0.2) is 17.5 Å². The first-order chi connectivity index (χ1) is 11.5. The number of aromatic nitrogens is 2. The zero-order valence-corrected chi connectivity index (χ0v) is 13.9. The van der Waals surface area contributed by atoms with Crippen molar-refractivity contribution in [3.63, 3.8) is 0 Å². The highest BCUT2D eigenvalue weighted by atomic mass is 16.5. The van der Waals surface area contributed by atoms with Crippen molar-refractivity contribution in [2.45, 2.75) is 13.0 Å². The second-order valence-corrected chi connectivity index (χ2v) is 4.98. The highest BCUT2D eigenvalue weighted by Gasteiger charge is 2.26. The van der Waals surface area contributed by atoms with Crippen LogP contribution < -0.4 is 14.8 Å². The number of aryl methyl sites for hydroxylation is 1. The first-order valence-corrected chi connectivity index (χ1v) is 7.12. The lowest BCUT2D eigenvalue weighted by Gasteiger charge is -2.18. The number of hydrogen-bond acceptors (Lipinski definition) is 6. The van der Waals surface area contributed by atoms with E-state index in [2.05, 4.69) is 15.5 Å². The highest BCUT2D eigenvalue weighted by Crippen LogP contribution is 2.30. The van der Waals surface area contributed by atoms with Gasteiger partial charge in [0.05, 0.1) is 21.3 Å². The van der Waals surface area contributed by atoms with E-state index >= 15 is 0 Å². The maximum Gasteiger partial charge on any atom is 0.333 e. The molecule has 1 atom stereocenters. The van der Waals surface area contributed by atoms with Gasteiger partial charge in [-0.3, -0.25) is 9.89 Å². The molecule has 0 saturated carbocycles. The number of carbonyl (C=O) groups excluding carboxylic acids is 2. The summed E-state index contributed by atoms with van der Waals surface area (Å²) in [6.45, 7) is 1.77. The van der Waals surface area contributed by atoms with Crippen LogP contribution in [0.1, 0.15) is 27.8 Å². The molecule has 0 aliphatic carbocycles. The van der Waals surface area contributed by atoms with Gasteiger partial charge in [-0.1, -0.05) is 6.07 Å². The minimum absolute atomic E-state index is 0.182. The van der Waals surface area contributed by atoms with E-state index in [-0.39, 0.29) is 5.69 Å². The van der Waals surface area contributed by atoms with Gasteiger partial charge in [0.2, 0.25) is 0 Å². The minimum Gasteiger partial charge on any atom is -0.493 e. The number of nitrogens with zero attached hydrogens (tertiary/aromatic N) is 1. The van der Waals surface area contributed by atoms with Crippen LogP contribution in [-0.4, -0.2) is 43.4 Å². The van der Waals surface area contributed by atoms with Crippen LogP contribution in [0, 0.1) is 6.92 Å². The normalized spacial score (nSPS) is 11.5. The van der Waals surface area contributed by atoms with E-state index in [1.54, 1.807) is 31.2 Å². The monoisotopic (exact) mass is 333 g/mol. The molecule has 128 valence electrons. The largest absolute Gasteiger partial charge is 0.493 e. The standard InChI is InChI=1S/C16H19N3O5/c1-9-7-11(19-18-9)15(20)17-14(16(21)24-4)10-5-6-12(22-2)13(8-10)23-3/h5-8,14H,1-4H3,(H,17,20)(H,18,19)/t14-/m1/s1. The Bertz CT molecular complexity index is 741. The van der Waals surface area contributed by atoms with Crippen molar-refractivity contribution in [3.05, 3.63) is 41.2 Å². The van der Waals surface area contributed by atoms with Crippen molar-refractivity contribution in [2.75, 3.05) is 21.3 Å². The first kappa shape index (κ1) is 17.3. The number of esters is 1. The van der Waals surface area contributed by atoms with Crippen molar-refractivity contribution in [3.8, 4) is 11.5 Å². The number of H-pyrrole nitrogens is 1. The molecule has 2 rings (SSSR count). The van der Waals surface area contributed by atoms with Crippen molar-refractivity contribution in [1.82, 2.24) is 15.5 Å². The fourth-order valence-corrected chi connectivity index (χ4v) is 2.17. The molecule has 2 aromatic rings. The molecule has 0 fully saturated rings. The van der Waals surface area contributed by atoms with Crippen LogP contribution in [0.4, 0.5) is 0 Å². The number of ether oxygens (including phenoxy) is 3. The summed E-state index contributed by atoms with van der Waals surface area (Å²) in [6.07, 6.45) is 0. The van der Waals surface area contributed by atoms with Gasteiger partial charge in [0.25, 0.3) is 5.91 Å². The number of amides is 1. The lowest BCUT2D eigenvalue weighted by atomic mass is 10.1. The molecule has 24 heavy (non-hydrogen) atoms. The quantitative estimate of drug-likeness (QED) is 0.774. The Hall–Kier alpha value is -3.03. The molecule has 1 aromatic heterocycles. The zero-order chi connectivity index (χ0) is 17.7. The number of benzene rings is 1. The number of rotatable bonds is 6. The second kappa shape index (κ2) is 7.49. The summed E-state index contributed by atoms with van der Waals surface area (Å²) in [6, 6.07) is 5.49. The van der Waals surface area contributed by atoms with Crippen molar-refractivity contribution in [1.29, 1.82) is 0 Å². The molecule has 0 radical (unpaired) electrons. The summed E-state index contributed by atoms with van der Waals surface area (Å²) in [4.78, 5) is 24.4. The van der Waals surface area contributed by atoms with E-state index in [9.17, 15) is 9.59 Å². The van der Waals surface area contributed by atoms with E-state index < -0.39 is 17.9 Å². The molecule has 1 aromatic carbocycles. The number of methoxy groups -OCH3 is 3. The third-order valence-corrected chi connectivity index (χ3v) is 3.39. The molecule has 0 bridgehead atoms. The zero-order valence-electron chi connectivity index (χ0n) is 13.9. The van der Waals surface area contributed by atoms with Gasteiger partial charge < -0.3 is 19.5 Å². The van der Waals surface area contributed by atoms with Gasteiger partial charge in [-0.2, -0.15) is 5.10 Å². The van der Waals surface area contributed by atoms with Crippen molar-refractivity contribution in [2.24, 2.45) is 0 Å². The Balaban J connectivity index is 2.32. The third kappa shape index (κ3) is 3.65. The molecular weight excluding hydrogens is 314 g/mol. The summed E-state index contributed by atoms with van der Waals surface area (Å²) >= 11 is 0. The Labute approximate surface area is 139 Å². The van der Waals surface area contributed by atoms with Crippen molar-refractivity contribution < 1.29 is 23.8 Å². The van der Waals surface area contributed by atoms with Crippen LogP contribution in [-0.2, 0) is 9.53 Å². The average molecular weight is 333 g/mol. The third-order valence-electron chi connectivity index (χ3n) is 3.39. The molecule has 8 heteroatoms. The Kier molecular flexibility index (Phi) is 5.41. The highest BCUT2D eigenvalue weighted by molar-refractivity contribution is 5.95. The SMILES string of the molecule is COC(=O)[C@H](NC(=O)c1cc(C)[nH]n1)c1ccc(OC)c(OC)c1. The molecule has 0 unspecified atom stereocenters. The fourth-order valence-electron chi connectivity index (χ4n) is 2.17. The van der Waals surface area contributed by atoms with Crippen LogP contribution in [0.5, 0.6) is 11.5 Å². The number of hydrogen-bond donors (Lipinski definition) is 2. The maximum absolute atomic E-state index is 12.3. The molecule has 1 amide bonds. The predicted octanol–water partition coefficient (Wildman–Crippen LogP) is 1.38. The summed E-state index contributed by atoms with van der Waals surface area (Å²) in [5, 5.41) is 9.16. The fraction of sp³-hybridized carbons (Fsp3) is 0.312. The van der Waals surface area contributed by atoms with Gasteiger partial charge in [-0.05, 0) is 30.7 Å². The van der Waals surface area contributed by atoms with Gasteiger partial charge in [0.1, 0.15) is 5.69 Å².